The molecule has 0 spiro atoms. The average molecular weight is 564 g/mol. The van der Waals surface area contributed by atoms with Crippen LogP contribution in [0.25, 0.3) is 10.9 Å². The number of esters is 2. The number of carbonyl (C=O) groups excluding carboxylic acids is 3. The van der Waals surface area contributed by atoms with Crippen molar-refractivity contribution in [2.45, 2.75) is 20.5 Å². The maximum atomic E-state index is 13.2. The van der Waals surface area contributed by atoms with E-state index in [1.54, 1.807) is 23.8 Å². The molecular formula is C31H33NO9. The molecule has 0 atom stereocenters. The number of benzene rings is 3. The molecule has 0 aliphatic carbocycles. The van der Waals surface area contributed by atoms with Crippen LogP contribution in [0.5, 0.6) is 23.0 Å². The van der Waals surface area contributed by atoms with Gasteiger partial charge in [0.2, 0.25) is 5.75 Å². The molecule has 41 heavy (non-hydrogen) atoms. The van der Waals surface area contributed by atoms with Crippen LogP contribution in [-0.2, 0) is 25.7 Å². The van der Waals surface area contributed by atoms with Crippen molar-refractivity contribution in [2.75, 3.05) is 35.0 Å². The molecule has 4 aromatic rings. The standard InChI is InChI=1S/C20H21NO5.C11H12O4/c1-12-8-13-9-15(23-2)6-7-16(13)21(12)20(22)14-10-17(24-3)19(26-5)18(11-14)25-4;1-9(12)14-8-11(13)15-7-10-5-3-2-4-6-10/h6-11H,1-5H3;2-6H,7-8H2,1H3. The van der Waals surface area contributed by atoms with Crippen molar-refractivity contribution in [2.24, 2.45) is 0 Å². The minimum atomic E-state index is -0.547. The molecular weight excluding hydrogens is 530 g/mol. The third kappa shape index (κ3) is 7.78. The zero-order valence-electron chi connectivity index (χ0n) is 23.9. The van der Waals surface area contributed by atoms with Gasteiger partial charge in [-0.05, 0) is 48.9 Å². The molecule has 0 saturated carbocycles. The van der Waals surface area contributed by atoms with Crippen molar-refractivity contribution >= 4 is 28.7 Å². The summed E-state index contributed by atoms with van der Waals surface area (Å²) >= 11 is 0. The van der Waals surface area contributed by atoms with Crippen molar-refractivity contribution < 1.29 is 42.8 Å². The predicted molar refractivity (Wildman–Crippen MR) is 152 cm³/mol. The zero-order valence-corrected chi connectivity index (χ0v) is 23.9. The molecule has 0 aliphatic heterocycles. The molecule has 4 rings (SSSR count). The Balaban J connectivity index is 0.000000263. The van der Waals surface area contributed by atoms with Crippen LogP contribution >= 0.6 is 0 Å². The summed E-state index contributed by atoms with van der Waals surface area (Å²) in [5, 5.41) is 0.933. The molecule has 0 amide bonds. The smallest absolute Gasteiger partial charge is 0.344 e. The van der Waals surface area contributed by atoms with Crippen molar-refractivity contribution in [3.63, 3.8) is 0 Å². The summed E-state index contributed by atoms with van der Waals surface area (Å²) in [5.74, 6) is 0.847. The monoisotopic (exact) mass is 563 g/mol. The van der Waals surface area contributed by atoms with E-state index in [2.05, 4.69) is 4.74 Å². The number of aromatic nitrogens is 1. The van der Waals surface area contributed by atoms with E-state index in [9.17, 15) is 14.4 Å². The second kappa shape index (κ2) is 14.4. The van der Waals surface area contributed by atoms with Crippen LogP contribution in [0.1, 0.15) is 28.5 Å². The lowest BCUT2D eigenvalue weighted by Crippen LogP contribution is -2.14. The molecule has 10 nitrogen and oxygen atoms in total. The molecule has 1 aromatic heterocycles. The zero-order chi connectivity index (χ0) is 29.9. The Labute approximate surface area is 238 Å². The lowest BCUT2D eigenvalue weighted by Gasteiger charge is -2.14. The minimum Gasteiger partial charge on any atom is -0.497 e. The second-order valence-corrected chi connectivity index (χ2v) is 8.69. The van der Waals surface area contributed by atoms with Crippen molar-refractivity contribution in [3.05, 3.63) is 83.6 Å². The van der Waals surface area contributed by atoms with E-state index in [0.29, 0.717) is 22.8 Å². The van der Waals surface area contributed by atoms with Crippen LogP contribution in [0.15, 0.2) is 66.7 Å². The van der Waals surface area contributed by atoms with Crippen LogP contribution in [0, 0.1) is 6.92 Å². The number of hydrogen-bond acceptors (Lipinski definition) is 9. The van der Waals surface area contributed by atoms with E-state index in [1.165, 1.54) is 28.3 Å². The van der Waals surface area contributed by atoms with Crippen LogP contribution in [0.4, 0.5) is 0 Å². The first-order chi connectivity index (χ1) is 19.7. The van der Waals surface area contributed by atoms with Gasteiger partial charge in [-0.25, -0.2) is 4.79 Å². The first-order valence-corrected chi connectivity index (χ1v) is 12.6. The molecule has 1 heterocycles. The summed E-state index contributed by atoms with van der Waals surface area (Å²) in [6.07, 6.45) is 0. The number of rotatable bonds is 9. The fraction of sp³-hybridized carbons (Fsp3) is 0.258. The number of nitrogens with zero attached hydrogens (tertiary/aromatic N) is 1. The lowest BCUT2D eigenvalue weighted by atomic mass is 10.1. The van der Waals surface area contributed by atoms with Crippen LogP contribution in [0.2, 0.25) is 0 Å². The largest absolute Gasteiger partial charge is 0.497 e. The number of carbonyl (C=O) groups is 3. The number of methoxy groups -OCH3 is 4. The highest BCUT2D eigenvalue weighted by atomic mass is 16.6. The average Bonchev–Trinajstić information content (AvgIpc) is 3.33. The predicted octanol–water partition coefficient (Wildman–Crippen LogP) is 4.97. The Bertz CT molecular complexity index is 1480. The van der Waals surface area contributed by atoms with Crippen LogP contribution in [-0.4, -0.2) is 57.5 Å². The lowest BCUT2D eigenvalue weighted by molar-refractivity contribution is -0.158. The van der Waals surface area contributed by atoms with Gasteiger partial charge in [-0.2, -0.15) is 0 Å². The number of hydrogen-bond donors (Lipinski definition) is 0. The molecule has 0 aliphatic rings. The van der Waals surface area contributed by atoms with Gasteiger partial charge in [0.25, 0.3) is 5.91 Å². The van der Waals surface area contributed by atoms with Gasteiger partial charge in [0.05, 0.1) is 34.0 Å². The van der Waals surface area contributed by atoms with Gasteiger partial charge in [0.1, 0.15) is 12.4 Å². The van der Waals surface area contributed by atoms with Gasteiger partial charge in [0, 0.05) is 23.6 Å². The summed E-state index contributed by atoms with van der Waals surface area (Å²) < 4.78 is 32.3. The Morgan fingerprint density at radius 3 is 1.98 bits per heavy atom. The highest BCUT2D eigenvalue weighted by molar-refractivity contribution is 6.04. The van der Waals surface area contributed by atoms with Gasteiger partial charge >= 0.3 is 11.9 Å². The summed E-state index contributed by atoms with van der Waals surface area (Å²) in [6, 6.07) is 20.1. The third-order valence-corrected chi connectivity index (χ3v) is 5.94. The van der Waals surface area contributed by atoms with Gasteiger partial charge < -0.3 is 28.4 Å². The molecule has 0 unspecified atom stereocenters. The Kier molecular flexibility index (Phi) is 10.7. The SMILES string of the molecule is CC(=O)OCC(=O)OCc1ccccc1.COc1ccc2c(c1)cc(C)n2C(=O)c1cc(OC)c(OC)c(OC)c1. The first kappa shape index (κ1) is 30.6. The first-order valence-electron chi connectivity index (χ1n) is 12.6. The molecule has 0 N–H and O–H groups in total. The minimum absolute atomic E-state index is 0.179. The summed E-state index contributed by atoms with van der Waals surface area (Å²) in [5.41, 5.74) is 2.97. The quantitative estimate of drug-likeness (QED) is 0.261. The number of fused-ring (bicyclic) bond motifs is 1. The summed E-state index contributed by atoms with van der Waals surface area (Å²) in [4.78, 5) is 34.6. The fourth-order valence-electron chi connectivity index (χ4n) is 4.00. The van der Waals surface area contributed by atoms with Crippen molar-refractivity contribution in [1.29, 1.82) is 0 Å². The van der Waals surface area contributed by atoms with Crippen molar-refractivity contribution in [3.8, 4) is 23.0 Å². The number of aryl methyl sites for hydroxylation is 1. The van der Waals surface area contributed by atoms with Crippen LogP contribution in [0.3, 0.4) is 0 Å². The van der Waals surface area contributed by atoms with E-state index >= 15 is 0 Å². The topological polar surface area (TPSA) is 112 Å². The highest BCUT2D eigenvalue weighted by Crippen LogP contribution is 2.38. The van der Waals surface area contributed by atoms with E-state index in [1.807, 2.05) is 61.5 Å². The van der Waals surface area contributed by atoms with Crippen LogP contribution < -0.4 is 18.9 Å². The van der Waals surface area contributed by atoms with Gasteiger partial charge in [-0.1, -0.05) is 30.3 Å². The van der Waals surface area contributed by atoms with Crippen molar-refractivity contribution in [1.82, 2.24) is 4.57 Å². The molecule has 0 saturated heterocycles. The number of ether oxygens (including phenoxy) is 6. The van der Waals surface area contributed by atoms with E-state index in [4.69, 9.17) is 23.7 Å². The third-order valence-electron chi connectivity index (χ3n) is 5.94. The maximum Gasteiger partial charge on any atom is 0.344 e. The van der Waals surface area contributed by atoms with E-state index in [0.717, 1.165) is 27.9 Å². The van der Waals surface area contributed by atoms with E-state index in [-0.39, 0.29) is 19.1 Å². The molecule has 0 bridgehead atoms. The molecule has 3 aromatic carbocycles. The highest BCUT2D eigenvalue weighted by Gasteiger charge is 2.20. The van der Waals surface area contributed by atoms with Gasteiger partial charge in [-0.3, -0.25) is 14.2 Å². The van der Waals surface area contributed by atoms with E-state index < -0.39 is 11.9 Å². The summed E-state index contributed by atoms with van der Waals surface area (Å²) in [6.45, 7) is 3.00. The Morgan fingerprint density at radius 2 is 1.41 bits per heavy atom. The molecule has 0 radical (unpaired) electrons. The fourth-order valence-corrected chi connectivity index (χ4v) is 4.00. The second-order valence-electron chi connectivity index (χ2n) is 8.69. The molecule has 216 valence electrons. The Morgan fingerprint density at radius 1 is 0.756 bits per heavy atom. The molecule has 10 heteroatoms. The normalized spacial score (nSPS) is 10.2. The maximum absolute atomic E-state index is 13.2. The van der Waals surface area contributed by atoms with Gasteiger partial charge in [-0.15, -0.1) is 0 Å². The summed E-state index contributed by atoms with van der Waals surface area (Å²) in [7, 11) is 6.19. The molecule has 0 fully saturated rings. The van der Waals surface area contributed by atoms with Gasteiger partial charge in [0.15, 0.2) is 18.1 Å². The Hall–Kier alpha value is -4.99.